The van der Waals surface area contributed by atoms with Crippen molar-refractivity contribution in [3.8, 4) is 0 Å². The Hall–Kier alpha value is -1.89. The standard InChI is InChI=1S/C13H17NO5S/c1-3-19-13(16)9-8-12(15)14-10-6-4-5-7-11(10)20(2,17)18/h4-7H,3,8-9H2,1-2H3,(H,14,15). The molecule has 1 aromatic rings. The predicted molar refractivity (Wildman–Crippen MR) is 74.0 cm³/mol. The van der Waals surface area contributed by atoms with Gasteiger partial charge in [0.2, 0.25) is 5.91 Å². The molecular weight excluding hydrogens is 282 g/mol. The van der Waals surface area contributed by atoms with Gasteiger partial charge < -0.3 is 10.1 Å². The molecule has 0 aromatic heterocycles. The Bertz CT molecular complexity index is 595. The number of carbonyl (C=O) groups is 2. The fraction of sp³-hybridized carbons (Fsp3) is 0.385. The number of esters is 1. The van der Waals surface area contributed by atoms with Crippen molar-refractivity contribution in [2.24, 2.45) is 0 Å². The lowest BCUT2D eigenvalue weighted by Crippen LogP contribution is -2.16. The second kappa shape index (κ2) is 7.04. The molecule has 1 amide bonds. The first-order valence-corrected chi connectivity index (χ1v) is 7.98. The van der Waals surface area contributed by atoms with Crippen molar-refractivity contribution in [2.45, 2.75) is 24.7 Å². The number of sulfone groups is 1. The van der Waals surface area contributed by atoms with Gasteiger partial charge in [0.15, 0.2) is 9.84 Å². The largest absolute Gasteiger partial charge is 0.466 e. The van der Waals surface area contributed by atoms with Gasteiger partial charge in [0.1, 0.15) is 0 Å². The molecule has 0 aliphatic carbocycles. The second-order valence-electron chi connectivity index (χ2n) is 4.12. The summed E-state index contributed by atoms with van der Waals surface area (Å²) in [6.45, 7) is 1.94. The highest BCUT2D eigenvalue weighted by molar-refractivity contribution is 7.90. The molecule has 1 rings (SSSR count). The maximum Gasteiger partial charge on any atom is 0.306 e. The van der Waals surface area contributed by atoms with Gasteiger partial charge in [-0.3, -0.25) is 9.59 Å². The quantitative estimate of drug-likeness (QED) is 0.801. The Balaban J connectivity index is 2.70. The number of para-hydroxylation sites is 1. The van der Waals surface area contributed by atoms with E-state index in [-0.39, 0.29) is 30.0 Å². The average Bonchev–Trinajstić information content (AvgIpc) is 2.36. The minimum Gasteiger partial charge on any atom is -0.466 e. The molecule has 110 valence electrons. The molecule has 7 heteroatoms. The third kappa shape index (κ3) is 5.00. The molecule has 0 atom stereocenters. The highest BCUT2D eigenvalue weighted by Crippen LogP contribution is 2.20. The first-order valence-electron chi connectivity index (χ1n) is 6.09. The van der Waals surface area contributed by atoms with Crippen molar-refractivity contribution in [3.63, 3.8) is 0 Å². The van der Waals surface area contributed by atoms with Crippen LogP contribution in [0, 0.1) is 0 Å². The van der Waals surface area contributed by atoms with Gasteiger partial charge in [-0.15, -0.1) is 0 Å². The summed E-state index contributed by atoms with van der Waals surface area (Å²) in [4.78, 5) is 22.9. The number of hydrogen-bond acceptors (Lipinski definition) is 5. The van der Waals surface area contributed by atoms with Crippen LogP contribution in [0.15, 0.2) is 29.2 Å². The number of rotatable bonds is 6. The van der Waals surface area contributed by atoms with Crippen LogP contribution in [0.5, 0.6) is 0 Å². The normalized spacial score (nSPS) is 10.9. The van der Waals surface area contributed by atoms with Crippen LogP contribution >= 0.6 is 0 Å². The molecule has 0 heterocycles. The van der Waals surface area contributed by atoms with E-state index in [1.807, 2.05) is 0 Å². The Labute approximate surface area is 118 Å². The maximum atomic E-state index is 11.7. The molecule has 0 bridgehead atoms. The van der Waals surface area contributed by atoms with Crippen molar-refractivity contribution in [1.29, 1.82) is 0 Å². The Morgan fingerprint density at radius 1 is 1.20 bits per heavy atom. The molecule has 0 fully saturated rings. The van der Waals surface area contributed by atoms with Crippen molar-refractivity contribution in [1.82, 2.24) is 0 Å². The van der Waals surface area contributed by atoms with Crippen LogP contribution in [-0.4, -0.2) is 33.2 Å². The average molecular weight is 299 g/mol. The summed E-state index contributed by atoms with van der Waals surface area (Å²) < 4.78 is 27.8. The highest BCUT2D eigenvalue weighted by Gasteiger charge is 2.15. The molecule has 20 heavy (non-hydrogen) atoms. The van der Waals surface area contributed by atoms with Crippen molar-refractivity contribution >= 4 is 27.4 Å². The smallest absolute Gasteiger partial charge is 0.306 e. The van der Waals surface area contributed by atoms with Gasteiger partial charge in [-0.1, -0.05) is 12.1 Å². The lowest BCUT2D eigenvalue weighted by Gasteiger charge is -2.09. The van der Waals surface area contributed by atoms with Crippen LogP contribution in [0.4, 0.5) is 5.69 Å². The lowest BCUT2D eigenvalue weighted by molar-refractivity contribution is -0.144. The fourth-order valence-corrected chi connectivity index (χ4v) is 2.40. The molecule has 0 aliphatic rings. The zero-order valence-corrected chi connectivity index (χ0v) is 12.2. The van der Waals surface area contributed by atoms with Crippen molar-refractivity contribution in [3.05, 3.63) is 24.3 Å². The molecule has 1 N–H and O–H groups in total. The van der Waals surface area contributed by atoms with Crippen LogP contribution in [0.1, 0.15) is 19.8 Å². The number of ether oxygens (including phenoxy) is 1. The minimum atomic E-state index is -3.43. The molecule has 0 unspecified atom stereocenters. The summed E-state index contributed by atoms with van der Waals surface area (Å²) in [6.07, 6.45) is 0.967. The minimum absolute atomic E-state index is 0.0410. The number of hydrogen-bond donors (Lipinski definition) is 1. The molecule has 0 aliphatic heterocycles. The van der Waals surface area contributed by atoms with Crippen LogP contribution in [0.2, 0.25) is 0 Å². The Morgan fingerprint density at radius 2 is 1.85 bits per heavy atom. The molecule has 6 nitrogen and oxygen atoms in total. The van der Waals surface area contributed by atoms with E-state index in [1.54, 1.807) is 19.1 Å². The van der Waals surface area contributed by atoms with Crippen molar-refractivity contribution < 1.29 is 22.7 Å². The van der Waals surface area contributed by atoms with Gasteiger partial charge >= 0.3 is 5.97 Å². The number of carbonyl (C=O) groups excluding carboxylic acids is 2. The lowest BCUT2D eigenvalue weighted by atomic mass is 10.2. The summed E-state index contributed by atoms with van der Waals surface area (Å²) in [5, 5.41) is 2.49. The molecular formula is C13H17NO5S. The van der Waals surface area contributed by atoms with Crippen molar-refractivity contribution in [2.75, 3.05) is 18.2 Å². The van der Waals surface area contributed by atoms with Gasteiger partial charge in [0, 0.05) is 12.7 Å². The zero-order chi connectivity index (χ0) is 15.2. The third-order valence-corrected chi connectivity index (χ3v) is 3.58. The first kappa shape index (κ1) is 16.2. The monoisotopic (exact) mass is 299 g/mol. The van der Waals surface area contributed by atoms with Gasteiger partial charge in [0.05, 0.1) is 23.6 Å². The van der Waals surface area contributed by atoms with Crippen LogP contribution in [-0.2, 0) is 24.2 Å². The number of benzene rings is 1. The zero-order valence-electron chi connectivity index (χ0n) is 11.4. The van der Waals surface area contributed by atoms with E-state index < -0.39 is 21.7 Å². The predicted octanol–water partition coefficient (Wildman–Crippen LogP) is 1.37. The fourth-order valence-electron chi connectivity index (χ4n) is 1.55. The maximum absolute atomic E-state index is 11.7. The van der Waals surface area contributed by atoms with E-state index in [0.717, 1.165) is 6.26 Å². The molecule has 1 aromatic carbocycles. The van der Waals surface area contributed by atoms with Crippen LogP contribution in [0.25, 0.3) is 0 Å². The third-order valence-electron chi connectivity index (χ3n) is 2.42. The molecule has 0 saturated carbocycles. The van der Waals surface area contributed by atoms with E-state index >= 15 is 0 Å². The summed E-state index contributed by atoms with van der Waals surface area (Å²) in [7, 11) is -3.43. The second-order valence-corrected chi connectivity index (χ2v) is 6.11. The van der Waals surface area contributed by atoms with Gasteiger partial charge in [-0.25, -0.2) is 8.42 Å². The topological polar surface area (TPSA) is 89.5 Å². The number of amides is 1. The molecule has 0 saturated heterocycles. The molecule has 0 spiro atoms. The summed E-state index contributed by atoms with van der Waals surface area (Å²) in [5.74, 6) is -0.895. The SMILES string of the molecule is CCOC(=O)CCC(=O)Nc1ccccc1S(C)(=O)=O. The van der Waals surface area contributed by atoms with Crippen LogP contribution < -0.4 is 5.32 Å². The van der Waals surface area contributed by atoms with Gasteiger partial charge in [-0.05, 0) is 19.1 Å². The van der Waals surface area contributed by atoms with Crippen LogP contribution in [0.3, 0.4) is 0 Å². The summed E-state index contributed by atoms with van der Waals surface area (Å²) in [5.41, 5.74) is 0.212. The van der Waals surface area contributed by atoms with E-state index in [4.69, 9.17) is 4.74 Å². The van der Waals surface area contributed by atoms with Gasteiger partial charge in [0.25, 0.3) is 0 Å². The number of anilines is 1. The molecule has 0 radical (unpaired) electrons. The van der Waals surface area contributed by atoms with E-state index in [2.05, 4.69) is 5.32 Å². The Morgan fingerprint density at radius 3 is 2.45 bits per heavy atom. The van der Waals surface area contributed by atoms with E-state index in [9.17, 15) is 18.0 Å². The highest BCUT2D eigenvalue weighted by atomic mass is 32.2. The van der Waals surface area contributed by atoms with Gasteiger partial charge in [-0.2, -0.15) is 0 Å². The Kier molecular flexibility index (Phi) is 5.69. The number of nitrogens with one attached hydrogen (secondary N) is 1. The summed E-state index contributed by atoms with van der Waals surface area (Å²) >= 11 is 0. The van der Waals surface area contributed by atoms with E-state index in [1.165, 1.54) is 12.1 Å². The summed E-state index contributed by atoms with van der Waals surface area (Å²) in [6, 6.07) is 6.11. The van der Waals surface area contributed by atoms with E-state index in [0.29, 0.717) is 0 Å². The first-order chi connectivity index (χ1) is 9.34.